The van der Waals surface area contributed by atoms with Crippen LogP contribution in [-0.4, -0.2) is 79.0 Å². The van der Waals surface area contributed by atoms with Gasteiger partial charge >= 0.3 is 12.1 Å². The molecular weight excluding hydrogens is 627 g/mol. The number of fused-ring (bicyclic) bond motifs is 3. The number of carbonyl (C=O) groups is 5. The van der Waals surface area contributed by atoms with E-state index in [1.54, 1.807) is 18.2 Å². The molecule has 0 saturated carbocycles. The third kappa shape index (κ3) is 4.92. The highest BCUT2D eigenvalue weighted by Gasteiger charge is 2.59. The molecule has 4 aliphatic rings. The fourth-order valence-electron chi connectivity index (χ4n) is 7.29. The summed E-state index contributed by atoms with van der Waals surface area (Å²) in [7, 11) is 0. The molecule has 0 radical (unpaired) electrons. The Hall–Kier alpha value is -5.18. The van der Waals surface area contributed by atoms with Crippen molar-refractivity contribution in [2.24, 2.45) is 17.6 Å². The number of aliphatic hydroxyl groups is 3. The Morgan fingerprint density at radius 2 is 1.68 bits per heavy atom. The number of nitrogens with one attached hydrogen (secondary N) is 1. The fraction of sp³-hybridized carbons (Fsp3) is 0.344. The van der Waals surface area contributed by atoms with E-state index in [1.165, 1.54) is 18.2 Å². The Labute approximate surface area is 264 Å². The zero-order valence-corrected chi connectivity index (χ0v) is 24.4. The van der Waals surface area contributed by atoms with Gasteiger partial charge in [-0.15, -0.1) is 0 Å². The number of carbonyl (C=O) groups excluding carboxylic acids is 5. The summed E-state index contributed by atoms with van der Waals surface area (Å²) in [5.41, 5.74) is 2.87. The average Bonchev–Trinajstić information content (AvgIpc) is 3.49. The van der Waals surface area contributed by atoms with E-state index < -0.39 is 81.8 Å². The molecule has 0 bridgehead atoms. The molecule has 0 aromatic heterocycles. The number of rotatable bonds is 4. The third-order valence-electron chi connectivity index (χ3n) is 9.47. The van der Waals surface area contributed by atoms with Gasteiger partial charge in [0.05, 0.1) is 5.56 Å². The Morgan fingerprint density at radius 3 is 2.32 bits per heavy atom. The number of anilines is 1. The smallest absolute Gasteiger partial charge is 0.471 e. The highest BCUT2D eigenvalue weighted by atomic mass is 19.4. The lowest BCUT2D eigenvalue weighted by Gasteiger charge is -2.45. The van der Waals surface area contributed by atoms with Crippen molar-refractivity contribution in [2.75, 3.05) is 11.9 Å². The Balaban J connectivity index is 1.29. The van der Waals surface area contributed by atoms with E-state index >= 15 is 0 Å². The summed E-state index contributed by atoms with van der Waals surface area (Å²) in [5, 5.41) is 46.2. The summed E-state index contributed by atoms with van der Waals surface area (Å²) in [6.45, 7) is -0.196. The van der Waals surface area contributed by atoms with Gasteiger partial charge in [0.25, 0.3) is 5.91 Å². The molecule has 1 fully saturated rings. The van der Waals surface area contributed by atoms with Crippen LogP contribution in [0.2, 0.25) is 0 Å². The number of primary amides is 1. The topological polar surface area (TPSA) is 208 Å². The van der Waals surface area contributed by atoms with Crippen molar-refractivity contribution in [3.8, 4) is 16.9 Å². The first kappa shape index (κ1) is 31.8. The summed E-state index contributed by atoms with van der Waals surface area (Å²) in [6, 6.07) is 7.65. The molecule has 2 aromatic rings. The van der Waals surface area contributed by atoms with Gasteiger partial charge < -0.3 is 36.4 Å². The molecule has 1 heterocycles. The standard InChI is InChI=1S/C32H28F3N3O9/c33-32(34,35)30(46)38-9-1-2-19(38)29(45)37-16-5-3-13(4-6-16)17-7-8-20(39)23-18(17)11-14-10-15-12-21(40)24(28(36)44)27(43)31(15,47)26(42)22(14)25(23)41/h3-8,14-15,19,39-40,42,47H,1-2,9-12H2,(H2,36,44)(H,37,45)/t14-,15+,19?,31+/m1/s1. The zero-order chi connectivity index (χ0) is 34.2. The molecule has 15 heteroatoms. The van der Waals surface area contributed by atoms with Crippen LogP contribution in [0.25, 0.3) is 11.1 Å². The van der Waals surface area contributed by atoms with Gasteiger partial charge in [-0.2, -0.15) is 13.2 Å². The molecular formula is C32H28F3N3O9. The molecule has 3 amide bonds. The molecule has 4 atom stereocenters. The number of amides is 3. The van der Waals surface area contributed by atoms with Crippen LogP contribution in [0.4, 0.5) is 18.9 Å². The molecule has 246 valence electrons. The van der Waals surface area contributed by atoms with Crippen LogP contribution in [-0.2, 0) is 25.6 Å². The zero-order valence-electron chi connectivity index (χ0n) is 24.4. The number of phenolic OH excluding ortho intramolecular Hbond substituents is 1. The quantitative estimate of drug-likeness (QED) is 0.267. The van der Waals surface area contributed by atoms with E-state index in [1.807, 2.05) is 0 Å². The number of aliphatic hydroxyl groups excluding tert-OH is 2. The van der Waals surface area contributed by atoms with Gasteiger partial charge in [0.2, 0.25) is 11.7 Å². The number of aromatic hydroxyl groups is 1. The van der Waals surface area contributed by atoms with Gasteiger partial charge in [-0.1, -0.05) is 18.2 Å². The predicted octanol–water partition coefficient (Wildman–Crippen LogP) is 2.74. The lowest BCUT2D eigenvalue weighted by Crippen LogP contribution is -2.57. The van der Waals surface area contributed by atoms with Crippen molar-refractivity contribution in [3.05, 3.63) is 70.2 Å². The fourth-order valence-corrected chi connectivity index (χ4v) is 7.29. The number of alkyl halides is 3. The molecule has 0 spiro atoms. The minimum atomic E-state index is -5.11. The van der Waals surface area contributed by atoms with E-state index in [4.69, 9.17) is 5.73 Å². The van der Waals surface area contributed by atoms with Crippen LogP contribution >= 0.6 is 0 Å². The lowest BCUT2D eigenvalue weighted by molar-refractivity contribution is -0.186. The number of Topliss-reactive ketones (excluding diaryl/α,β-unsaturated/α-hetero) is 2. The Morgan fingerprint density at radius 1 is 1.00 bits per heavy atom. The van der Waals surface area contributed by atoms with Crippen LogP contribution in [0.3, 0.4) is 0 Å². The van der Waals surface area contributed by atoms with E-state index in [0.717, 1.165) is 0 Å². The largest absolute Gasteiger partial charge is 0.511 e. The Kier molecular flexibility index (Phi) is 7.42. The summed E-state index contributed by atoms with van der Waals surface area (Å²) in [4.78, 5) is 63.8. The molecule has 47 heavy (non-hydrogen) atoms. The SMILES string of the molecule is NC(=O)C1=C(O)C[C@@H]2C[C@@H]3Cc4c(-c5ccc(NC(=O)C6CCCN6C(=O)C(F)(F)F)cc5)ccc(O)c4C(=O)C3=C(O)[C@]2(O)C1=O. The number of nitrogens with zero attached hydrogens (tertiary/aromatic N) is 1. The monoisotopic (exact) mass is 655 g/mol. The van der Waals surface area contributed by atoms with Crippen LogP contribution in [0.5, 0.6) is 5.75 Å². The van der Waals surface area contributed by atoms with Crippen molar-refractivity contribution < 1.29 is 57.6 Å². The predicted molar refractivity (Wildman–Crippen MR) is 156 cm³/mol. The molecule has 1 saturated heterocycles. The second-order valence-corrected chi connectivity index (χ2v) is 12.1. The minimum Gasteiger partial charge on any atom is -0.511 e. The number of likely N-dealkylation sites (tertiary alicyclic amines) is 1. The van der Waals surface area contributed by atoms with Gasteiger partial charge in [0, 0.05) is 30.1 Å². The number of nitrogens with two attached hydrogens (primary N) is 1. The van der Waals surface area contributed by atoms with Crippen LogP contribution in [0.15, 0.2) is 59.1 Å². The van der Waals surface area contributed by atoms with Crippen LogP contribution in [0.1, 0.15) is 41.6 Å². The van der Waals surface area contributed by atoms with Crippen LogP contribution in [0, 0.1) is 11.8 Å². The summed E-state index contributed by atoms with van der Waals surface area (Å²) in [6.07, 6.45) is -5.13. The molecule has 1 unspecified atom stereocenters. The number of allylic oxidation sites excluding steroid dienone is 2. The Bertz CT molecular complexity index is 1830. The van der Waals surface area contributed by atoms with E-state index in [9.17, 15) is 57.6 Å². The first-order valence-electron chi connectivity index (χ1n) is 14.7. The maximum absolute atomic E-state index is 13.8. The number of hydrogen-bond acceptors (Lipinski definition) is 9. The first-order chi connectivity index (χ1) is 22.0. The third-order valence-corrected chi connectivity index (χ3v) is 9.47. The lowest BCUT2D eigenvalue weighted by atomic mass is 9.60. The molecule has 7 N–H and O–H groups in total. The van der Waals surface area contributed by atoms with Crippen molar-refractivity contribution in [3.63, 3.8) is 0 Å². The summed E-state index contributed by atoms with van der Waals surface area (Å²) >= 11 is 0. The molecule has 6 rings (SSSR count). The van der Waals surface area contributed by atoms with Crippen molar-refractivity contribution >= 4 is 35.0 Å². The van der Waals surface area contributed by atoms with E-state index in [0.29, 0.717) is 21.6 Å². The van der Waals surface area contributed by atoms with Crippen molar-refractivity contribution in [1.29, 1.82) is 0 Å². The second-order valence-electron chi connectivity index (χ2n) is 12.1. The second kappa shape index (κ2) is 11.0. The number of halogens is 3. The number of hydrogen-bond donors (Lipinski definition) is 6. The molecule has 2 aromatic carbocycles. The highest BCUT2D eigenvalue weighted by molar-refractivity contribution is 6.24. The average molecular weight is 656 g/mol. The molecule has 12 nitrogen and oxygen atoms in total. The van der Waals surface area contributed by atoms with Crippen LogP contribution < -0.4 is 11.1 Å². The number of ketones is 2. The molecule has 3 aliphatic carbocycles. The van der Waals surface area contributed by atoms with E-state index in [2.05, 4.69) is 5.32 Å². The highest BCUT2D eigenvalue weighted by Crippen LogP contribution is 2.52. The van der Waals surface area contributed by atoms with Gasteiger partial charge in [-0.3, -0.25) is 24.0 Å². The molecule has 1 aliphatic heterocycles. The summed E-state index contributed by atoms with van der Waals surface area (Å²) in [5.74, 6) is -10.2. The maximum Gasteiger partial charge on any atom is 0.471 e. The minimum absolute atomic E-state index is 0.0436. The maximum atomic E-state index is 13.8. The van der Waals surface area contributed by atoms with Crippen molar-refractivity contribution in [2.45, 2.75) is 49.9 Å². The van der Waals surface area contributed by atoms with E-state index in [-0.39, 0.29) is 55.5 Å². The van der Waals surface area contributed by atoms with Gasteiger partial charge in [0.1, 0.15) is 28.9 Å². The van der Waals surface area contributed by atoms with Gasteiger partial charge in [-0.05, 0) is 66.5 Å². The normalized spacial score (nSPS) is 25.7. The van der Waals surface area contributed by atoms with Crippen molar-refractivity contribution in [1.82, 2.24) is 4.90 Å². The number of benzene rings is 2. The number of phenols is 1. The first-order valence-corrected chi connectivity index (χ1v) is 14.7. The summed E-state index contributed by atoms with van der Waals surface area (Å²) < 4.78 is 39.0. The van der Waals surface area contributed by atoms with Gasteiger partial charge in [0.15, 0.2) is 11.4 Å². The van der Waals surface area contributed by atoms with Gasteiger partial charge in [-0.25, -0.2) is 0 Å².